The number of esters is 2. The van der Waals surface area contributed by atoms with Gasteiger partial charge in [0.2, 0.25) is 0 Å². The molecule has 0 rings (SSSR count). The SMILES string of the molecule is CC/C=C\C/C=C\C/C=C\C/C=C\C/C=C\C/C=C\C/C=C\C/C=C\C/C=C\C/C=C\C/C=C\C/C=C\CCCCCCC(=O)OC(COC(=O)CCCCCCCCCCCCCCCCCCCCC/C=C\C/C=C\CCCCCCC)COP(=O)(O)OCC[N+](C)(C)C. The molecule has 0 saturated carbocycles. The standard InChI is InChI=1S/C86H144NO8P/c1-6-8-10-12-14-16-18-20-22-24-26-28-30-32-34-36-38-39-40-41-42-43-44-45-46-47-49-51-53-55-57-59-61-63-65-67-69-71-73-75-77-79-86(89)95-84(83-94-96(90,91)93-81-80-87(3,4)5)82-92-85(88)78-76-74-72-70-68-66-64-62-60-58-56-54-52-50-48-37-35-33-31-29-27-25-23-21-19-17-15-13-11-9-7-2/h8,10,14,16,19-22,25-28,32,34,38-39,41-42,44-45,47,49,53,55,59,61,65,67,84H,6-7,9,11-13,15,17-18,23-24,29-31,33,35-37,40,43,46,48,50-52,54,56-58,60,62-64,66,68-83H2,1-5H3/p+1/b10-8-,16-14-,21-19-,22-20-,27-25-,28-26-,34-32-,39-38-,42-41-,45-44-,49-47-,55-53-,61-59-,67-65-. The van der Waals surface area contributed by atoms with Gasteiger partial charge in [0, 0.05) is 12.8 Å². The van der Waals surface area contributed by atoms with Gasteiger partial charge >= 0.3 is 19.8 Å². The number of hydrogen-bond donors (Lipinski definition) is 1. The summed E-state index contributed by atoms with van der Waals surface area (Å²) < 4.78 is 34.7. The van der Waals surface area contributed by atoms with Gasteiger partial charge in [-0.25, -0.2) is 4.57 Å². The fourth-order valence-corrected chi connectivity index (χ4v) is 11.1. The largest absolute Gasteiger partial charge is 0.472 e. The summed E-state index contributed by atoms with van der Waals surface area (Å²) in [6.07, 6.45) is 113. The predicted octanol–water partition coefficient (Wildman–Crippen LogP) is 26.1. The number of phosphoric ester groups is 1. The van der Waals surface area contributed by atoms with Gasteiger partial charge in [-0.1, -0.05) is 332 Å². The molecule has 0 spiro atoms. The fraction of sp³-hybridized carbons (Fsp3) is 0.651. The normalized spacial score (nSPS) is 14.0. The molecule has 9 nitrogen and oxygen atoms in total. The van der Waals surface area contributed by atoms with Crippen molar-refractivity contribution in [3.8, 4) is 0 Å². The number of carbonyl (C=O) groups excluding carboxylic acids is 2. The Hall–Kier alpha value is -4.63. The van der Waals surface area contributed by atoms with E-state index in [-0.39, 0.29) is 32.0 Å². The molecule has 0 heterocycles. The second kappa shape index (κ2) is 74.6. The number of ether oxygens (including phenoxy) is 2. The van der Waals surface area contributed by atoms with Crippen LogP contribution in [0.4, 0.5) is 0 Å². The zero-order chi connectivity index (χ0) is 69.7. The summed E-state index contributed by atoms with van der Waals surface area (Å²) in [6, 6.07) is 0. The van der Waals surface area contributed by atoms with Crippen LogP contribution in [0.1, 0.15) is 309 Å². The Morgan fingerprint density at radius 3 is 0.885 bits per heavy atom. The lowest BCUT2D eigenvalue weighted by Gasteiger charge is -2.24. The van der Waals surface area contributed by atoms with Crippen molar-refractivity contribution < 1.29 is 42.1 Å². The van der Waals surface area contributed by atoms with Crippen LogP contribution in [0, 0.1) is 0 Å². The maximum absolute atomic E-state index is 12.9. The van der Waals surface area contributed by atoms with Crippen LogP contribution < -0.4 is 0 Å². The highest BCUT2D eigenvalue weighted by Crippen LogP contribution is 2.43. The van der Waals surface area contributed by atoms with Crippen LogP contribution in [0.5, 0.6) is 0 Å². The number of quaternary nitrogens is 1. The average Bonchev–Trinajstić information content (AvgIpc) is 2.54. The third-order valence-corrected chi connectivity index (χ3v) is 17.2. The van der Waals surface area contributed by atoms with Crippen molar-refractivity contribution in [2.75, 3.05) is 47.5 Å². The monoisotopic (exact) mass is 1350 g/mol. The summed E-state index contributed by atoms with van der Waals surface area (Å²) in [5.74, 6) is -0.828. The quantitative estimate of drug-likeness (QED) is 0.0211. The molecule has 0 fully saturated rings. The molecule has 0 amide bonds. The van der Waals surface area contributed by atoms with Gasteiger partial charge in [-0.2, -0.15) is 0 Å². The van der Waals surface area contributed by atoms with Crippen molar-refractivity contribution in [2.45, 2.75) is 315 Å². The van der Waals surface area contributed by atoms with Gasteiger partial charge in [-0.3, -0.25) is 18.6 Å². The highest BCUT2D eigenvalue weighted by atomic mass is 31.2. The number of hydrogen-bond acceptors (Lipinski definition) is 7. The van der Waals surface area contributed by atoms with Crippen molar-refractivity contribution in [1.82, 2.24) is 0 Å². The van der Waals surface area contributed by atoms with E-state index in [9.17, 15) is 19.0 Å². The van der Waals surface area contributed by atoms with Crippen molar-refractivity contribution in [3.05, 3.63) is 170 Å². The van der Waals surface area contributed by atoms with Crippen molar-refractivity contribution in [3.63, 3.8) is 0 Å². The molecule has 2 unspecified atom stereocenters. The first-order chi connectivity index (χ1) is 47.0. The summed E-state index contributed by atoms with van der Waals surface area (Å²) in [5, 5.41) is 0. The average molecular weight is 1350 g/mol. The Morgan fingerprint density at radius 2 is 0.594 bits per heavy atom. The minimum Gasteiger partial charge on any atom is -0.462 e. The van der Waals surface area contributed by atoms with Crippen LogP contribution in [0.3, 0.4) is 0 Å². The minimum absolute atomic E-state index is 0.0190. The van der Waals surface area contributed by atoms with Crippen LogP contribution in [-0.4, -0.2) is 74.9 Å². The second-order valence-corrected chi connectivity index (χ2v) is 28.1. The van der Waals surface area contributed by atoms with E-state index in [4.69, 9.17) is 18.5 Å². The summed E-state index contributed by atoms with van der Waals surface area (Å²) in [4.78, 5) is 35.9. The first-order valence-electron chi connectivity index (χ1n) is 38.9. The molecule has 0 aliphatic heterocycles. The van der Waals surface area contributed by atoms with Crippen LogP contribution in [0.15, 0.2) is 170 Å². The Kier molecular flexibility index (Phi) is 71.0. The van der Waals surface area contributed by atoms with E-state index in [1.807, 2.05) is 21.1 Å². The van der Waals surface area contributed by atoms with Gasteiger partial charge in [0.25, 0.3) is 0 Å². The molecule has 0 saturated heterocycles. The third kappa shape index (κ3) is 78.4. The fourth-order valence-electron chi connectivity index (χ4n) is 10.3. The lowest BCUT2D eigenvalue weighted by atomic mass is 10.0. The molecular weight excluding hydrogens is 1210 g/mol. The van der Waals surface area contributed by atoms with Crippen LogP contribution >= 0.6 is 7.82 Å². The van der Waals surface area contributed by atoms with Crippen LogP contribution in [0.2, 0.25) is 0 Å². The maximum atomic E-state index is 12.9. The van der Waals surface area contributed by atoms with E-state index in [1.54, 1.807) is 0 Å². The van der Waals surface area contributed by atoms with Gasteiger partial charge in [-0.05, 0) is 135 Å². The molecule has 0 aliphatic carbocycles. The number of nitrogens with zero attached hydrogens (tertiary/aromatic N) is 1. The molecule has 546 valence electrons. The van der Waals surface area contributed by atoms with E-state index in [2.05, 4.69) is 184 Å². The Morgan fingerprint density at radius 1 is 0.333 bits per heavy atom. The van der Waals surface area contributed by atoms with E-state index < -0.39 is 26.5 Å². The maximum Gasteiger partial charge on any atom is 0.472 e. The molecule has 0 aromatic rings. The lowest BCUT2D eigenvalue weighted by Crippen LogP contribution is -2.37. The van der Waals surface area contributed by atoms with E-state index in [0.717, 1.165) is 128 Å². The minimum atomic E-state index is -4.41. The third-order valence-electron chi connectivity index (χ3n) is 16.2. The summed E-state index contributed by atoms with van der Waals surface area (Å²) >= 11 is 0. The predicted molar refractivity (Wildman–Crippen MR) is 417 cm³/mol. The van der Waals surface area contributed by atoms with Crippen molar-refractivity contribution in [2.24, 2.45) is 0 Å². The van der Waals surface area contributed by atoms with Crippen LogP contribution in [0.25, 0.3) is 0 Å². The lowest BCUT2D eigenvalue weighted by molar-refractivity contribution is -0.870. The van der Waals surface area contributed by atoms with Crippen LogP contribution in [-0.2, 0) is 32.7 Å². The smallest absolute Gasteiger partial charge is 0.462 e. The van der Waals surface area contributed by atoms with Gasteiger partial charge < -0.3 is 18.9 Å². The summed E-state index contributed by atoms with van der Waals surface area (Å²) in [6.45, 7) is 4.29. The number of likely N-dealkylation sites (N-methyl/N-ethyl adjacent to an activating group) is 1. The van der Waals surface area contributed by atoms with Gasteiger partial charge in [0.15, 0.2) is 6.10 Å². The molecule has 0 aromatic carbocycles. The van der Waals surface area contributed by atoms with Gasteiger partial charge in [-0.15, -0.1) is 0 Å². The first kappa shape index (κ1) is 91.4. The molecule has 1 N–H and O–H groups in total. The molecule has 0 radical (unpaired) electrons. The summed E-state index contributed by atoms with van der Waals surface area (Å²) in [5.41, 5.74) is 0. The molecule has 0 bridgehead atoms. The Bertz CT molecular complexity index is 2230. The van der Waals surface area contributed by atoms with Crippen molar-refractivity contribution in [1.29, 1.82) is 0 Å². The molecule has 0 aromatic heterocycles. The Balaban J connectivity index is 4.12. The van der Waals surface area contributed by atoms with Gasteiger partial charge in [0.1, 0.15) is 19.8 Å². The van der Waals surface area contributed by atoms with E-state index in [0.29, 0.717) is 17.4 Å². The number of phosphoric acid groups is 1. The topological polar surface area (TPSA) is 108 Å². The van der Waals surface area contributed by atoms with Crippen molar-refractivity contribution >= 4 is 19.8 Å². The van der Waals surface area contributed by atoms with Gasteiger partial charge in [0.05, 0.1) is 27.7 Å². The number of allylic oxidation sites excluding steroid dienone is 28. The Labute approximate surface area is 591 Å². The number of rotatable bonds is 70. The molecule has 10 heteroatoms. The zero-order valence-electron chi connectivity index (χ0n) is 62.3. The highest BCUT2D eigenvalue weighted by Gasteiger charge is 2.27. The number of carbonyl (C=O) groups is 2. The zero-order valence-corrected chi connectivity index (χ0v) is 63.2. The first-order valence-corrected chi connectivity index (χ1v) is 40.4. The molecular formula is C86H145NO8P+. The summed E-state index contributed by atoms with van der Waals surface area (Å²) in [7, 11) is 1.45. The van der Waals surface area contributed by atoms with E-state index >= 15 is 0 Å². The van der Waals surface area contributed by atoms with E-state index in [1.165, 1.54) is 148 Å². The molecule has 96 heavy (non-hydrogen) atoms. The molecule has 0 aliphatic rings. The highest BCUT2D eigenvalue weighted by molar-refractivity contribution is 7.47. The number of unbranched alkanes of at least 4 members (excludes halogenated alkanes) is 28. The second-order valence-electron chi connectivity index (χ2n) is 26.7. The molecule has 2 atom stereocenters.